The van der Waals surface area contributed by atoms with E-state index in [0.29, 0.717) is 6.07 Å². The van der Waals surface area contributed by atoms with Gasteiger partial charge in [0.2, 0.25) is 0 Å². The molecule has 13 heavy (non-hydrogen) atoms. The third-order valence-electron chi connectivity index (χ3n) is 1.76. The number of rotatable bonds is 1. The zero-order valence-electron chi connectivity index (χ0n) is 11.7. The normalized spacial score (nSPS) is 41.2. The van der Waals surface area contributed by atoms with Gasteiger partial charge in [-0.3, -0.25) is 0 Å². The number of benzene rings is 1. The van der Waals surface area contributed by atoms with Crippen molar-refractivity contribution in [2.75, 3.05) is 6.50 Å². The number of hydrogen-bond donors (Lipinski definition) is 1. The van der Waals surface area contributed by atoms with Gasteiger partial charge in [0.15, 0.2) is 0 Å². The fraction of sp³-hybridized carbons (Fsp3) is 0.400. The van der Waals surface area contributed by atoms with Gasteiger partial charge in [0.25, 0.3) is 0 Å². The average molecular weight is 188 g/mol. The summed E-state index contributed by atoms with van der Waals surface area (Å²) in [6.45, 7) is -2.15. The summed E-state index contributed by atoms with van der Waals surface area (Å²) in [6, 6.07) is 0.0191. The second-order valence-electron chi connectivity index (χ2n) is 2.65. The molecule has 1 nitrogen and oxygen atoms in total. The lowest BCUT2D eigenvalue weighted by molar-refractivity contribution is 0.543. The Morgan fingerprint density at radius 2 is 2.38 bits per heavy atom. The lowest BCUT2D eigenvalue weighted by Gasteiger charge is -2.11. The lowest BCUT2D eigenvalue weighted by atomic mass is 10.0. The van der Waals surface area contributed by atoms with Crippen LogP contribution in [0.5, 0.6) is 0 Å². The first kappa shape index (κ1) is 4.51. The van der Waals surface area contributed by atoms with E-state index in [4.69, 9.17) is 6.85 Å². The molecule has 0 saturated carbocycles. The maximum Gasteiger partial charge on any atom is 0.128 e. The van der Waals surface area contributed by atoms with Crippen LogP contribution in [0.4, 0.5) is 8.78 Å². The summed E-state index contributed by atoms with van der Waals surface area (Å²) >= 11 is 0. The highest BCUT2D eigenvalue weighted by atomic mass is 19.1. The Morgan fingerprint density at radius 1 is 1.54 bits per heavy atom. The molecule has 0 aliphatic carbocycles. The van der Waals surface area contributed by atoms with Crippen molar-refractivity contribution in [1.82, 2.24) is 5.32 Å². The Kier molecular flexibility index (Phi) is 1.19. The Balaban J connectivity index is 2.58. The topological polar surface area (TPSA) is 12.0 Å². The second-order valence-corrected chi connectivity index (χ2v) is 2.65. The van der Waals surface area contributed by atoms with E-state index in [1.807, 2.05) is 0 Å². The highest BCUT2D eigenvalue weighted by Crippen LogP contribution is 2.25. The number of hydrogen-bond acceptors (Lipinski definition) is 1. The standard InChI is InChI=1S/C10H11F2N/c11-7-3-4-9(12)8(6-7)10-2-1-5-13-10/h3-4,6,10,13H,1-2,5H2/i2D2,5D2,10D. The molecule has 70 valence electrons. The third kappa shape index (κ3) is 1.70. The Morgan fingerprint density at radius 3 is 3.08 bits per heavy atom. The summed E-state index contributed by atoms with van der Waals surface area (Å²) in [4.78, 5) is 0. The van der Waals surface area contributed by atoms with Crippen LogP contribution in [0.3, 0.4) is 0 Å². The van der Waals surface area contributed by atoms with Crippen LogP contribution in [-0.4, -0.2) is 6.50 Å². The summed E-state index contributed by atoms with van der Waals surface area (Å²) in [5.74, 6) is -1.75. The minimum absolute atomic E-state index is 0.533. The smallest absolute Gasteiger partial charge is 0.128 e. The molecule has 1 unspecified atom stereocenters. The zero-order valence-corrected chi connectivity index (χ0v) is 6.70. The van der Waals surface area contributed by atoms with Crippen molar-refractivity contribution in [2.24, 2.45) is 0 Å². The molecule has 0 bridgehead atoms. The van der Waals surface area contributed by atoms with Crippen molar-refractivity contribution >= 4 is 0 Å². The lowest BCUT2D eigenvalue weighted by Crippen LogP contribution is -2.14. The van der Waals surface area contributed by atoms with E-state index < -0.39 is 42.5 Å². The fourth-order valence-corrected chi connectivity index (χ4v) is 1.16. The molecule has 3 heteroatoms. The van der Waals surface area contributed by atoms with Crippen LogP contribution in [0.15, 0.2) is 18.2 Å². The van der Waals surface area contributed by atoms with Crippen LogP contribution >= 0.6 is 0 Å². The largest absolute Gasteiger partial charge is 0.310 e. The summed E-state index contributed by atoms with van der Waals surface area (Å²) in [5, 5.41) is 2.10. The molecule has 1 atom stereocenters. The van der Waals surface area contributed by atoms with E-state index >= 15 is 0 Å². The molecular weight excluding hydrogens is 172 g/mol. The first-order valence-electron chi connectivity index (χ1n) is 6.32. The van der Waals surface area contributed by atoms with Gasteiger partial charge in [-0.15, -0.1) is 0 Å². The van der Waals surface area contributed by atoms with E-state index in [2.05, 4.69) is 5.32 Å². The van der Waals surface area contributed by atoms with E-state index in [1.165, 1.54) is 0 Å². The van der Waals surface area contributed by atoms with Crippen LogP contribution in [-0.2, 0) is 0 Å². The maximum atomic E-state index is 13.6. The Labute approximate surface area is 82.8 Å². The molecule has 0 spiro atoms. The molecule has 1 aromatic carbocycles. The van der Waals surface area contributed by atoms with Gasteiger partial charge in [-0.25, -0.2) is 8.78 Å². The van der Waals surface area contributed by atoms with Gasteiger partial charge in [0, 0.05) is 17.1 Å². The number of nitrogens with one attached hydrogen (secondary N) is 1. The monoisotopic (exact) mass is 188 g/mol. The first-order chi connectivity index (χ1) is 8.07. The Bertz CT molecular complexity index is 493. The molecule has 1 saturated heterocycles. The van der Waals surface area contributed by atoms with Crippen molar-refractivity contribution in [3.05, 3.63) is 35.4 Å². The van der Waals surface area contributed by atoms with Crippen LogP contribution < -0.4 is 5.32 Å². The summed E-state index contributed by atoms with van der Waals surface area (Å²) in [6.07, 6.45) is -2.97. The summed E-state index contributed by atoms with van der Waals surface area (Å²) < 4.78 is 65.0. The van der Waals surface area contributed by atoms with Crippen LogP contribution in [0.1, 0.15) is 31.2 Å². The van der Waals surface area contributed by atoms with Gasteiger partial charge in [-0.1, -0.05) is 0 Å². The van der Waals surface area contributed by atoms with Crippen molar-refractivity contribution in [3.8, 4) is 0 Å². The number of halogens is 2. The Hall–Kier alpha value is -0.960. The van der Waals surface area contributed by atoms with Gasteiger partial charge in [0.1, 0.15) is 11.6 Å². The molecule has 0 amide bonds. The van der Waals surface area contributed by atoms with E-state index in [0.717, 1.165) is 12.1 Å². The highest BCUT2D eigenvalue weighted by molar-refractivity contribution is 5.23. The molecular formula is C10H11F2N. The average Bonchev–Trinajstić information content (AvgIpc) is 2.35. The van der Waals surface area contributed by atoms with Crippen LogP contribution in [0.25, 0.3) is 0 Å². The highest BCUT2D eigenvalue weighted by Gasteiger charge is 2.19. The van der Waals surface area contributed by atoms with Crippen molar-refractivity contribution in [3.63, 3.8) is 0 Å². The molecule has 1 heterocycles. The molecule has 1 aromatic rings. The molecule has 1 aliphatic heterocycles. The SMILES string of the molecule is [2H]C1([2H])CC([2H])([2H])C([2H])(c2cc(F)ccc2F)N1. The van der Waals surface area contributed by atoms with Crippen molar-refractivity contribution in [1.29, 1.82) is 0 Å². The molecule has 1 aliphatic rings. The minimum atomic E-state index is -2.36. The van der Waals surface area contributed by atoms with Crippen molar-refractivity contribution < 1.29 is 15.6 Å². The van der Waals surface area contributed by atoms with Crippen LogP contribution in [0, 0.1) is 11.6 Å². The van der Waals surface area contributed by atoms with E-state index in [9.17, 15) is 8.78 Å². The van der Waals surface area contributed by atoms with E-state index in [1.54, 1.807) is 0 Å². The molecule has 1 N–H and O–H groups in total. The minimum Gasteiger partial charge on any atom is -0.310 e. The van der Waals surface area contributed by atoms with Gasteiger partial charge in [0.05, 0.1) is 1.37 Å². The quantitative estimate of drug-likeness (QED) is 0.713. The fourth-order valence-electron chi connectivity index (χ4n) is 1.16. The second kappa shape index (κ2) is 3.42. The molecule has 0 aromatic heterocycles. The summed E-state index contributed by atoms with van der Waals surface area (Å²) in [7, 11) is 0. The van der Waals surface area contributed by atoms with Crippen molar-refractivity contribution in [2.45, 2.75) is 18.8 Å². The molecule has 2 rings (SSSR count). The first-order valence-corrected chi connectivity index (χ1v) is 3.82. The third-order valence-corrected chi connectivity index (χ3v) is 1.76. The van der Waals surface area contributed by atoms with Gasteiger partial charge in [-0.2, -0.15) is 0 Å². The summed E-state index contributed by atoms with van der Waals surface area (Å²) in [5.41, 5.74) is -0.533. The maximum absolute atomic E-state index is 13.6. The van der Waals surface area contributed by atoms with Crippen LogP contribution in [0.2, 0.25) is 0 Å². The van der Waals surface area contributed by atoms with E-state index in [-0.39, 0.29) is 0 Å². The zero-order chi connectivity index (χ0) is 13.8. The van der Waals surface area contributed by atoms with Gasteiger partial charge in [-0.05, 0) is 37.5 Å². The molecule has 1 fully saturated rings. The van der Waals surface area contributed by atoms with Gasteiger partial charge < -0.3 is 5.32 Å². The molecule has 0 radical (unpaired) electrons. The van der Waals surface area contributed by atoms with Gasteiger partial charge >= 0.3 is 0 Å². The predicted octanol–water partition coefficient (Wildman–Crippen LogP) is 2.39. The predicted molar refractivity (Wildman–Crippen MR) is 46.3 cm³/mol.